The third-order valence-electron chi connectivity index (χ3n) is 2.66. The van der Waals surface area contributed by atoms with Crippen LogP contribution in [-0.4, -0.2) is 11.4 Å². The lowest BCUT2D eigenvalue weighted by molar-refractivity contribution is 0.0935. The van der Waals surface area contributed by atoms with E-state index in [2.05, 4.69) is 5.32 Å². The van der Waals surface area contributed by atoms with E-state index in [1.54, 1.807) is 18.2 Å². The molecule has 4 heteroatoms. The van der Waals surface area contributed by atoms with Gasteiger partial charge in [0.05, 0.1) is 0 Å². The summed E-state index contributed by atoms with van der Waals surface area (Å²) in [7, 11) is 0. The van der Waals surface area contributed by atoms with Gasteiger partial charge in [-0.15, -0.1) is 0 Å². The number of anilines is 2. The Morgan fingerprint density at radius 2 is 1.80 bits per heavy atom. The minimum absolute atomic E-state index is 0.0174. The first-order valence-corrected chi connectivity index (χ1v) is 4.97. The Kier molecular flexibility index (Phi) is 2.07. The van der Waals surface area contributed by atoms with Crippen LogP contribution in [0.2, 0.25) is 0 Å². The molecule has 1 fully saturated rings. The fraction of sp³-hybridized carbons (Fsp3) is 0.364. The van der Waals surface area contributed by atoms with Crippen molar-refractivity contribution in [1.29, 1.82) is 0 Å². The topological polar surface area (TPSA) is 81.1 Å². The van der Waals surface area contributed by atoms with Crippen molar-refractivity contribution in [3.63, 3.8) is 0 Å². The van der Waals surface area contributed by atoms with Crippen molar-refractivity contribution >= 4 is 17.3 Å². The Morgan fingerprint density at radius 3 is 2.27 bits per heavy atom. The van der Waals surface area contributed by atoms with Crippen molar-refractivity contribution in [3.8, 4) is 0 Å². The molecule has 5 N–H and O–H groups in total. The van der Waals surface area contributed by atoms with Gasteiger partial charge in [-0.1, -0.05) is 0 Å². The third kappa shape index (κ3) is 2.21. The summed E-state index contributed by atoms with van der Waals surface area (Å²) in [6.07, 6.45) is 2.08. The van der Waals surface area contributed by atoms with Crippen molar-refractivity contribution in [3.05, 3.63) is 23.8 Å². The molecule has 0 aliphatic heterocycles. The van der Waals surface area contributed by atoms with Crippen molar-refractivity contribution in [2.45, 2.75) is 25.3 Å². The van der Waals surface area contributed by atoms with Crippen molar-refractivity contribution in [2.24, 2.45) is 0 Å². The normalized spacial score (nSPS) is 17.1. The Morgan fingerprint density at radius 1 is 1.27 bits per heavy atom. The molecule has 0 saturated heterocycles. The average Bonchev–Trinajstić information content (AvgIpc) is 2.81. The Bertz CT molecular complexity index is 390. The van der Waals surface area contributed by atoms with Crippen LogP contribution in [0.4, 0.5) is 11.4 Å². The van der Waals surface area contributed by atoms with Crippen molar-refractivity contribution in [2.75, 3.05) is 11.5 Å². The summed E-state index contributed by atoms with van der Waals surface area (Å²) < 4.78 is 0. The van der Waals surface area contributed by atoms with Gasteiger partial charge in [0.25, 0.3) is 5.91 Å². The lowest BCUT2D eigenvalue weighted by Crippen LogP contribution is -2.34. The molecule has 1 amide bonds. The zero-order chi connectivity index (χ0) is 11.1. The van der Waals surface area contributed by atoms with E-state index < -0.39 is 0 Å². The van der Waals surface area contributed by atoms with E-state index in [0.29, 0.717) is 16.9 Å². The molecule has 80 valence electrons. The second-order valence-electron chi connectivity index (χ2n) is 4.40. The molecular weight excluding hydrogens is 190 g/mol. The summed E-state index contributed by atoms with van der Waals surface area (Å²) >= 11 is 0. The number of carbonyl (C=O) groups excluding carboxylic acids is 1. The predicted octanol–water partition coefficient (Wildman–Crippen LogP) is 1.13. The molecule has 0 aromatic heterocycles. The van der Waals surface area contributed by atoms with Crippen LogP contribution in [0, 0.1) is 0 Å². The number of rotatable bonds is 2. The van der Waals surface area contributed by atoms with E-state index in [1.807, 2.05) is 6.92 Å². The number of amides is 1. The molecule has 0 bridgehead atoms. The average molecular weight is 205 g/mol. The first-order chi connectivity index (χ1) is 6.98. The number of nitrogens with two attached hydrogens (primary N) is 2. The molecule has 0 heterocycles. The van der Waals surface area contributed by atoms with E-state index in [1.165, 1.54) is 0 Å². The Hall–Kier alpha value is -1.71. The second kappa shape index (κ2) is 3.15. The highest BCUT2D eigenvalue weighted by Crippen LogP contribution is 2.34. The standard InChI is InChI=1S/C11H15N3O/c1-11(2-3-11)14-10(15)7-4-8(12)6-9(13)5-7/h4-6H,2-3,12-13H2,1H3,(H,14,15). The van der Waals surface area contributed by atoms with Gasteiger partial charge < -0.3 is 16.8 Å². The van der Waals surface area contributed by atoms with Gasteiger partial charge in [0, 0.05) is 22.5 Å². The van der Waals surface area contributed by atoms with Gasteiger partial charge in [-0.25, -0.2) is 0 Å². The smallest absolute Gasteiger partial charge is 0.251 e. The quantitative estimate of drug-likeness (QED) is 0.633. The summed E-state index contributed by atoms with van der Waals surface area (Å²) in [4.78, 5) is 11.8. The zero-order valence-electron chi connectivity index (χ0n) is 8.71. The summed E-state index contributed by atoms with van der Waals surface area (Å²) in [6.45, 7) is 2.03. The number of hydrogen-bond acceptors (Lipinski definition) is 3. The maximum absolute atomic E-state index is 11.8. The van der Waals surface area contributed by atoms with Gasteiger partial charge in [-0.05, 0) is 38.0 Å². The zero-order valence-corrected chi connectivity index (χ0v) is 8.71. The van der Waals surface area contributed by atoms with Gasteiger partial charge in [0.1, 0.15) is 0 Å². The van der Waals surface area contributed by atoms with Crippen LogP contribution in [0.25, 0.3) is 0 Å². The van der Waals surface area contributed by atoms with Gasteiger partial charge in [0.15, 0.2) is 0 Å². The summed E-state index contributed by atoms with van der Waals surface area (Å²) in [5.74, 6) is -0.103. The molecule has 0 spiro atoms. The van der Waals surface area contributed by atoms with Crippen LogP contribution >= 0.6 is 0 Å². The highest BCUT2D eigenvalue weighted by molar-refractivity contribution is 5.96. The van der Waals surface area contributed by atoms with Gasteiger partial charge in [-0.2, -0.15) is 0 Å². The maximum atomic E-state index is 11.8. The molecule has 2 rings (SSSR count). The van der Waals surface area contributed by atoms with Gasteiger partial charge >= 0.3 is 0 Å². The monoisotopic (exact) mass is 205 g/mol. The minimum Gasteiger partial charge on any atom is -0.399 e. The van der Waals surface area contributed by atoms with E-state index >= 15 is 0 Å². The Labute approximate surface area is 88.6 Å². The van der Waals surface area contributed by atoms with Crippen LogP contribution < -0.4 is 16.8 Å². The third-order valence-corrected chi connectivity index (χ3v) is 2.66. The molecular formula is C11H15N3O. The van der Waals surface area contributed by atoms with Crippen molar-refractivity contribution < 1.29 is 4.79 Å². The first-order valence-electron chi connectivity index (χ1n) is 4.97. The number of nitrogens with one attached hydrogen (secondary N) is 1. The van der Waals surface area contributed by atoms with Crippen molar-refractivity contribution in [1.82, 2.24) is 5.32 Å². The second-order valence-corrected chi connectivity index (χ2v) is 4.40. The van der Waals surface area contributed by atoms with Crippen LogP contribution in [0.15, 0.2) is 18.2 Å². The largest absolute Gasteiger partial charge is 0.399 e. The molecule has 1 aromatic rings. The number of benzene rings is 1. The lowest BCUT2D eigenvalue weighted by Gasteiger charge is -2.12. The molecule has 4 nitrogen and oxygen atoms in total. The predicted molar refractivity (Wildman–Crippen MR) is 60.4 cm³/mol. The molecule has 0 unspecified atom stereocenters. The number of nitrogen functional groups attached to an aromatic ring is 2. The molecule has 1 aliphatic carbocycles. The van der Waals surface area contributed by atoms with Crippen LogP contribution in [0.5, 0.6) is 0 Å². The minimum atomic E-state index is -0.103. The highest BCUT2D eigenvalue weighted by atomic mass is 16.1. The first kappa shape index (κ1) is 9.83. The number of hydrogen-bond donors (Lipinski definition) is 3. The fourth-order valence-electron chi connectivity index (χ4n) is 1.47. The maximum Gasteiger partial charge on any atom is 0.251 e. The molecule has 1 aromatic carbocycles. The van der Waals surface area contributed by atoms with Crippen LogP contribution in [-0.2, 0) is 0 Å². The van der Waals surface area contributed by atoms with E-state index in [0.717, 1.165) is 12.8 Å². The van der Waals surface area contributed by atoms with Crippen LogP contribution in [0.1, 0.15) is 30.1 Å². The van der Waals surface area contributed by atoms with E-state index in [9.17, 15) is 4.79 Å². The Balaban J connectivity index is 2.17. The summed E-state index contributed by atoms with van der Waals surface area (Å²) in [6, 6.07) is 4.91. The van der Waals surface area contributed by atoms with Gasteiger partial charge in [0.2, 0.25) is 0 Å². The van der Waals surface area contributed by atoms with Gasteiger partial charge in [-0.3, -0.25) is 4.79 Å². The fourth-order valence-corrected chi connectivity index (χ4v) is 1.47. The van der Waals surface area contributed by atoms with E-state index in [-0.39, 0.29) is 11.4 Å². The van der Waals surface area contributed by atoms with Crippen LogP contribution in [0.3, 0.4) is 0 Å². The summed E-state index contributed by atoms with van der Waals surface area (Å²) in [5.41, 5.74) is 12.8. The number of carbonyl (C=O) groups is 1. The molecule has 1 saturated carbocycles. The molecule has 0 radical (unpaired) electrons. The SMILES string of the molecule is CC1(NC(=O)c2cc(N)cc(N)c2)CC1. The molecule has 15 heavy (non-hydrogen) atoms. The molecule has 0 atom stereocenters. The summed E-state index contributed by atoms with van der Waals surface area (Å²) in [5, 5.41) is 2.95. The highest BCUT2D eigenvalue weighted by Gasteiger charge is 2.38. The lowest BCUT2D eigenvalue weighted by atomic mass is 10.1. The van der Waals surface area contributed by atoms with E-state index in [4.69, 9.17) is 11.5 Å². The molecule has 1 aliphatic rings.